The van der Waals surface area contributed by atoms with Gasteiger partial charge in [0.05, 0.1) is 4.92 Å². The second kappa shape index (κ2) is 8.65. The lowest BCUT2D eigenvalue weighted by Crippen LogP contribution is -2.16. The van der Waals surface area contributed by atoms with E-state index in [1.54, 1.807) is 31.6 Å². The number of aromatic amines is 1. The molecule has 30 heavy (non-hydrogen) atoms. The van der Waals surface area contributed by atoms with Gasteiger partial charge in [0.2, 0.25) is 0 Å². The number of nitro benzene ring substituents is 1. The lowest BCUT2D eigenvalue weighted by molar-refractivity contribution is -0.384. The number of hydrogen-bond acceptors (Lipinski definition) is 4. The Morgan fingerprint density at radius 2 is 1.83 bits per heavy atom. The van der Waals surface area contributed by atoms with E-state index >= 15 is 0 Å². The third kappa shape index (κ3) is 3.96. The van der Waals surface area contributed by atoms with Gasteiger partial charge in [-0.2, -0.15) is 0 Å². The van der Waals surface area contributed by atoms with Crippen molar-refractivity contribution in [2.75, 3.05) is 0 Å². The molecule has 2 aromatic carbocycles. The first-order chi connectivity index (χ1) is 14.4. The summed E-state index contributed by atoms with van der Waals surface area (Å²) in [5, 5.41) is 12.0. The molecule has 4 aromatic rings. The Kier molecular flexibility index (Phi) is 6.01. The number of hydrogen-bond donors (Lipinski definition) is 1. The average molecular weight is 405 g/mol. The maximum atomic E-state index is 12.4. The van der Waals surface area contributed by atoms with Crippen LogP contribution in [0.5, 0.6) is 11.5 Å². The van der Waals surface area contributed by atoms with Gasteiger partial charge in [-0.15, -0.1) is 0 Å². The van der Waals surface area contributed by atoms with Crippen molar-refractivity contribution in [3.63, 3.8) is 0 Å². The van der Waals surface area contributed by atoms with Gasteiger partial charge in [0.1, 0.15) is 17.0 Å². The number of H-pyrrole nitrogens is 1. The molecule has 0 fully saturated rings. The smallest absolute Gasteiger partial charge is 0.274 e. The molecule has 0 unspecified atom stereocenters. The van der Waals surface area contributed by atoms with Gasteiger partial charge in [0.15, 0.2) is 0 Å². The first-order valence-electron chi connectivity index (χ1n) is 9.64. The number of nitrogens with one attached hydrogen (secondary N) is 1. The van der Waals surface area contributed by atoms with Crippen molar-refractivity contribution in [1.82, 2.24) is 9.55 Å². The predicted octanol–water partition coefficient (Wildman–Crippen LogP) is 5.57. The second-order valence-corrected chi connectivity index (χ2v) is 6.58. The summed E-state index contributed by atoms with van der Waals surface area (Å²) in [4.78, 5) is 26.2. The maximum absolute atomic E-state index is 12.4. The first kappa shape index (κ1) is 20.9. The minimum atomic E-state index is -0.448. The predicted molar refractivity (Wildman–Crippen MR) is 118 cm³/mol. The number of benzene rings is 2. The quantitative estimate of drug-likeness (QED) is 0.355. The maximum Gasteiger partial charge on any atom is 0.274 e. The zero-order chi connectivity index (χ0) is 21.8. The van der Waals surface area contributed by atoms with Crippen molar-refractivity contribution in [3.05, 3.63) is 87.0 Å². The molecule has 0 radical (unpaired) electrons. The van der Waals surface area contributed by atoms with Crippen molar-refractivity contribution >= 4 is 16.6 Å². The van der Waals surface area contributed by atoms with E-state index in [0.29, 0.717) is 33.5 Å². The van der Waals surface area contributed by atoms with E-state index in [0.717, 1.165) is 5.56 Å². The largest absolute Gasteiger partial charge is 0.457 e. The Morgan fingerprint density at radius 1 is 1.07 bits per heavy atom. The van der Waals surface area contributed by atoms with E-state index in [2.05, 4.69) is 4.98 Å². The number of nitro groups is 1. The van der Waals surface area contributed by atoms with Crippen molar-refractivity contribution in [2.24, 2.45) is 7.05 Å². The lowest BCUT2D eigenvalue weighted by Gasteiger charge is -2.13. The molecular weight excluding hydrogens is 382 g/mol. The summed E-state index contributed by atoms with van der Waals surface area (Å²) in [6.45, 7) is 5.96. The molecule has 2 heterocycles. The van der Waals surface area contributed by atoms with Crippen LogP contribution < -0.4 is 10.3 Å². The summed E-state index contributed by atoms with van der Waals surface area (Å²) in [6, 6.07) is 13.8. The van der Waals surface area contributed by atoms with E-state index in [-0.39, 0.29) is 11.2 Å². The van der Waals surface area contributed by atoms with Crippen LogP contribution in [0.3, 0.4) is 0 Å². The average Bonchev–Trinajstić information content (AvgIpc) is 3.23. The number of nitrogens with zero attached hydrogens (tertiary/aromatic N) is 2. The fourth-order valence-electron chi connectivity index (χ4n) is 3.22. The highest BCUT2D eigenvalue weighted by Crippen LogP contribution is 2.38. The van der Waals surface area contributed by atoms with Crippen LogP contribution in [0.1, 0.15) is 19.4 Å². The van der Waals surface area contributed by atoms with Crippen LogP contribution in [0, 0.1) is 17.0 Å². The SMILES string of the molecule is CC.Cc1cccc(Oc2ccc([N+](=O)[O-])cc2-c2cn(C)c(=O)c3[nH]ccc23)c1. The Bertz CT molecular complexity index is 1270. The molecule has 154 valence electrons. The van der Waals surface area contributed by atoms with E-state index in [4.69, 9.17) is 4.74 Å². The van der Waals surface area contributed by atoms with E-state index in [1.165, 1.54) is 16.7 Å². The fraction of sp³-hybridized carbons (Fsp3) is 0.174. The molecule has 0 saturated heterocycles. The standard InChI is InChI=1S/C21H17N3O4.C2H6/c1-13-4-3-5-15(10-13)28-19-7-6-14(24(26)27)11-17(19)18-12-23(2)21(25)20-16(18)8-9-22-20;1-2/h3-12,22H,1-2H3;1-2H3. The molecule has 0 atom stereocenters. The Labute approximate surface area is 173 Å². The summed E-state index contributed by atoms with van der Waals surface area (Å²) in [6.07, 6.45) is 3.34. The molecule has 7 heteroatoms. The summed E-state index contributed by atoms with van der Waals surface area (Å²) in [5.74, 6) is 1.10. The summed E-state index contributed by atoms with van der Waals surface area (Å²) in [5.41, 5.74) is 2.46. The highest BCUT2D eigenvalue weighted by Gasteiger charge is 2.18. The van der Waals surface area contributed by atoms with E-state index < -0.39 is 4.92 Å². The summed E-state index contributed by atoms with van der Waals surface area (Å²) >= 11 is 0. The number of non-ortho nitro benzene ring substituents is 1. The minimum absolute atomic E-state index is 0.0517. The van der Waals surface area contributed by atoms with Gasteiger partial charge in [-0.3, -0.25) is 14.9 Å². The van der Waals surface area contributed by atoms with Gasteiger partial charge in [0.25, 0.3) is 11.2 Å². The zero-order valence-corrected chi connectivity index (χ0v) is 17.3. The third-order valence-electron chi connectivity index (χ3n) is 4.58. The summed E-state index contributed by atoms with van der Waals surface area (Å²) < 4.78 is 7.50. The molecule has 7 nitrogen and oxygen atoms in total. The van der Waals surface area contributed by atoms with Crippen molar-refractivity contribution in [3.8, 4) is 22.6 Å². The van der Waals surface area contributed by atoms with Crippen LogP contribution >= 0.6 is 0 Å². The number of fused-ring (bicyclic) bond motifs is 1. The van der Waals surface area contributed by atoms with Crippen LogP contribution in [0.4, 0.5) is 5.69 Å². The van der Waals surface area contributed by atoms with Crippen LogP contribution in [-0.2, 0) is 7.05 Å². The second-order valence-electron chi connectivity index (χ2n) is 6.58. The zero-order valence-electron chi connectivity index (χ0n) is 17.3. The highest BCUT2D eigenvalue weighted by atomic mass is 16.6. The van der Waals surface area contributed by atoms with Gasteiger partial charge >= 0.3 is 0 Å². The van der Waals surface area contributed by atoms with Crippen LogP contribution in [0.15, 0.2) is 65.7 Å². The fourth-order valence-corrected chi connectivity index (χ4v) is 3.22. The molecule has 0 aliphatic heterocycles. The number of pyridine rings is 1. The molecule has 4 rings (SSSR count). The molecule has 1 N–H and O–H groups in total. The molecule has 0 aliphatic carbocycles. The van der Waals surface area contributed by atoms with Crippen molar-refractivity contribution in [2.45, 2.75) is 20.8 Å². The Balaban J connectivity index is 0.00000124. The number of aromatic nitrogens is 2. The lowest BCUT2D eigenvalue weighted by atomic mass is 10.0. The number of ether oxygens (including phenoxy) is 1. The minimum Gasteiger partial charge on any atom is -0.457 e. The number of aryl methyl sites for hydroxylation is 2. The normalized spacial score (nSPS) is 10.4. The molecule has 0 aliphatic rings. The molecule has 0 spiro atoms. The topological polar surface area (TPSA) is 90.2 Å². The van der Waals surface area contributed by atoms with Gasteiger partial charge in [0, 0.05) is 48.1 Å². The Morgan fingerprint density at radius 3 is 2.53 bits per heavy atom. The van der Waals surface area contributed by atoms with Gasteiger partial charge in [-0.05, 0) is 36.8 Å². The Hall–Kier alpha value is -3.87. The molecule has 0 bridgehead atoms. The van der Waals surface area contributed by atoms with Gasteiger partial charge < -0.3 is 14.3 Å². The molecule has 0 saturated carbocycles. The van der Waals surface area contributed by atoms with Crippen LogP contribution in [0.2, 0.25) is 0 Å². The molecular formula is C23H23N3O4. The van der Waals surface area contributed by atoms with Crippen LogP contribution in [-0.4, -0.2) is 14.5 Å². The third-order valence-corrected chi connectivity index (χ3v) is 4.58. The molecule has 2 aromatic heterocycles. The number of rotatable bonds is 4. The van der Waals surface area contributed by atoms with E-state index in [1.807, 2.05) is 45.0 Å². The van der Waals surface area contributed by atoms with Gasteiger partial charge in [-0.25, -0.2) is 0 Å². The van der Waals surface area contributed by atoms with Gasteiger partial charge in [-0.1, -0.05) is 26.0 Å². The van der Waals surface area contributed by atoms with E-state index in [9.17, 15) is 14.9 Å². The van der Waals surface area contributed by atoms with Crippen LogP contribution in [0.25, 0.3) is 22.0 Å². The monoisotopic (exact) mass is 405 g/mol. The summed E-state index contributed by atoms with van der Waals surface area (Å²) in [7, 11) is 1.64. The first-order valence-corrected chi connectivity index (χ1v) is 9.64. The van der Waals surface area contributed by atoms with Crippen molar-refractivity contribution in [1.29, 1.82) is 0 Å². The highest BCUT2D eigenvalue weighted by molar-refractivity contribution is 5.96. The molecule has 0 amide bonds. The van der Waals surface area contributed by atoms with Crippen molar-refractivity contribution < 1.29 is 9.66 Å².